The normalized spacial score (nSPS) is 13.6. The lowest BCUT2D eigenvalue weighted by molar-refractivity contribution is -0.128. The first-order chi connectivity index (χ1) is 12.6. The summed E-state index contributed by atoms with van der Waals surface area (Å²) in [6.45, 7) is 1.32. The van der Waals surface area contributed by atoms with E-state index in [2.05, 4.69) is 5.32 Å². The number of rotatable bonds is 6. The van der Waals surface area contributed by atoms with Crippen LogP contribution in [0.15, 0.2) is 42.5 Å². The van der Waals surface area contributed by atoms with Crippen LogP contribution >= 0.6 is 0 Å². The third-order valence-electron chi connectivity index (χ3n) is 4.38. The standard InChI is InChI=1S/C20H22N2O4/c1-25-17-9-8-16(12-18(17)26-2)21-20(24)15-6-3-5-14(11-15)13-22-10-4-7-19(22)23/h3,5-6,8-9,11-12H,4,7,10,13H2,1-2H3,(H,21,24). The number of carbonyl (C=O) groups is 2. The maximum absolute atomic E-state index is 12.6. The maximum atomic E-state index is 12.6. The van der Waals surface area contributed by atoms with Gasteiger partial charge in [0, 0.05) is 36.8 Å². The number of hydrogen-bond donors (Lipinski definition) is 1. The van der Waals surface area contributed by atoms with Crippen molar-refractivity contribution in [3.8, 4) is 11.5 Å². The number of ether oxygens (including phenoxy) is 2. The molecule has 26 heavy (non-hydrogen) atoms. The number of methoxy groups -OCH3 is 2. The number of nitrogens with zero attached hydrogens (tertiary/aromatic N) is 1. The average molecular weight is 354 g/mol. The van der Waals surface area contributed by atoms with Crippen molar-refractivity contribution in [2.24, 2.45) is 0 Å². The summed E-state index contributed by atoms with van der Waals surface area (Å²) in [5.74, 6) is 1.10. The largest absolute Gasteiger partial charge is 0.493 e. The molecule has 3 rings (SSSR count). The molecular formula is C20H22N2O4. The highest BCUT2D eigenvalue weighted by Crippen LogP contribution is 2.30. The minimum absolute atomic E-state index is 0.171. The van der Waals surface area contributed by atoms with E-state index < -0.39 is 0 Å². The summed E-state index contributed by atoms with van der Waals surface area (Å²) >= 11 is 0. The third-order valence-corrected chi connectivity index (χ3v) is 4.38. The second-order valence-corrected chi connectivity index (χ2v) is 6.14. The van der Waals surface area contributed by atoms with Crippen LogP contribution in [0, 0.1) is 0 Å². The Morgan fingerprint density at radius 1 is 1.12 bits per heavy atom. The fourth-order valence-corrected chi connectivity index (χ4v) is 3.02. The Labute approximate surface area is 152 Å². The molecule has 1 saturated heterocycles. The van der Waals surface area contributed by atoms with Crippen LogP contribution in [0.25, 0.3) is 0 Å². The number of carbonyl (C=O) groups excluding carboxylic acids is 2. The average Bonchev–Trinajstić information content (AvgIpc) is 3.06. The van der Waals surface area contributed by atoms with E-state index in [-0.39, 0.29) is 11.8 Å². The van der Waals surface area contributed by atoms with Crippen molar-refractivity contribution in [2.75, 3.05) is 26.1 Å². The highest BCUT2D eigenvalue weighted by Gasteiger charge is 2.20. The lowest BCUT2D eigenvalue weighted by Crippen LogP contribution is -2.24. The zero-order valence-electron chi connectivity index (χ0n) is 15.0. The van der Waals surface area contributed by atoms with E-state index in [1.807, 2.05) is 23.1 Å². The molecular weight excluding hydrogens is 332 g/mol. The van der Waals surface area contributed by atoms with Gasteiger partial charge in [0.15, 0.2) is 11.5 Å². The minimum atomic E-state index is -0.216. The van der Waals surface area contributed by atoms with Crippen molar-refractivity contribution in [3.05, 3.63) is 53.6 Å². The van der Waals surface area contributed by atoms with E-state index >= 15 is 0 Å². The van der Waals surface area contributed by atoms with E-state index in [0.717, 1.165) is 18.5 Å². The van der Waals surface area contributed by atoms with Crippen molar-refractivity contribution >= 4 is 17.5 Å². The molecule has 0 radical (unpaired) electrons. The van der Waals surface area contributed by atoms with Crippen LogP contribution in [0.1, 0.15) is 28.8 Å². The van der Waals surface area contributed by atoms with Gasteiger partial charge in [-0.1, -0.05) is 12.1 Å². The number of likely N-dealkylation sites (tertiary alicyclic amines) is 1. The van der Waals surface area contributed by atoms with Crippen molar-refractivity contribution < 1.29 is 19.1 Å². The molecule has 0 atom stereocenters. The van der Waals surface area contributed by atoms with Crippen LogP contribution in [-0.4, -0.2) is 37.5 Å². The summed E-state index contributed by atoms with van der Waals surface area (Å²) in [5, 5.41) is 2.86. The van der Waals surface area contributed by atoms with Gasteiger partial charge in [0.05, 0.1) is 14.2 Å². The number of benzene rings is 2. The summed E-state index contributed by atoms with van der Waals surface area (Å²) in [6, 6.07) is 12.5. The molecule has 0 spiro atoms. The molecule has 1 heterocycles. The van der Waals surface area contributed by atoms with Crippen molar-refractivity contribution in [1.82, 2.24) is 4.90 Å². The molecule has 0 unspecified atom stereocenters. The van der Waals surface area contributed by atoms with Crippen molar-refractivity contribution in [2.45, 2.75) is 19.4 Å². The third kappa shape index (κ3) is 3.96. The van der Waals surface area contributed by atoms with Crippen LogP contribution in [0.3, 0.4) is 0 Å². The molecule has 2 aromatic rings. The van der Waals surface area contributed by atoms with Crippen LogP contribution in [-0.2, 0) is 11.3 Å². The monoisotopic (exact) mass is 354 g/mol. The Hall–Kier alpha value is -3.02. The lowest BCUT2D eigenvalue weighted by atomic mass is 10.1. The fraction of sp³-hybridized carbons (Fsp3) is 0.300. The SMILES string of the molecule is COc1ccc(NC(=O)c2cccc(CN3CCCC3=O)c2)cc1OC. The highest BCUT2D eigenvalue weighted by atomic mass is 16.5. The van der Waals surface area contributed by atoms with Gasteiger partial charge < -0.3 is 19.7 Å². The number of hydrogen-bond acceptors (Lipinski definition) is 4. The lowest BCUT2D eigenvalue weighted by Gasteiger charge is -2.16. The zero-order valence-corrected chi connectivity index (χ0v) is 15.0. The Balaban J connectivity index is 1.72. The zero-order chi connectivity index (χ0) is 18.5. The van der Waals surface area contributed by atoms with Crippen molar-refractivity contribution in [3.63, 3.8) is 0 Å². The van der Waals surface area contributed by atoms with E-state index in [9.17, 15) is 9.59 Å². The van der Waals surface area contributed by atoms with Gasteiger partial charge in [-0.15, -0.1) is 0 Å². The van der Waals surface area contributed by atoms with E-state index in [1.165, 1.54) is 0 Å². The topological polar surface area (TPSA) is 67.9 Å². The second-order valence-electron chi connectivity index (χ2n) is 6.14. The molecule has 6 heteroatoms. The van der Waals surface area contributed by atoms with Crippen LogP contribution in [0.2, 0.25) is 0 Å². The quantitative estimate of drug-likeness (QED) is 0.866. The summed E-state index contributed by atoms with van der Waals surface area (Å²) in [6.07, 6.45) is 1.51. The Bertz CT molecular complexity index is 819. The number of amides is 2. The van der Waals surface area contributed by atoms with Gasteiger partial charge in [0.1, 0.15) is 0 Å². The van der Waals surface area contributed by atoms with Crippen LogP contribution < -0.4 is 14.8 Å². The van der Waals surface area contributed by atoms with Gasteiger partial charge in [0.2, 0.25) is 5.91 Å². The first-order valence-electron chi connectivity index (χ1n) is 8.51. The van der Waals surface area contributed by atoms with Crippen molar-refractivity contribution in [1.29, 1.82) is 0 Å². The molecule has 6 nitrogen and oxygen atoms in total. The summed E-state index contributed by atoms with van der Waals surface area (Å²) in [7, 11) is 3.11. The smallest absolute Gasteiger partial charge is 0.255 e. The molecule has 0 bridgehead atoms. The molecule has 136 valence electrons. The summed E-state index contributed by atoms with van der Waals surface area (Å²) in [4.78, 5) is 26.2. The molecule has 1 aliphatic heterocycles. The van der Waals surface area contributed by atoms with Gasteiger partial charge in [-0.25, -0.2) is 0 Å². The molecule has 2 aromatic carbocycles. The van der Waals surface area contributed by atoms with Crippen LogP contribution in [0.5, 0.6) is 11.5 Å². The van der Waals surface area contributed by atoms with Gasteiger partial charge in [-0.2, -0.15) is 0 Å². The first-order valence-corrected chi connectivity index (χ1v) is 8.51. The molecule has 1 N–H and O–H groups in total. The number of anilines is 1. The Morgan fingerprint density at radius 2 is 1.92 bits per heavy atom. The first kappa shape index (κ1) is 17.8. The van der Waals surface area contributed by atoms with Gasteiger partial charge in [-0.3, -0.25) is 9.59 Å². The Morgan fingerprint density at radius 3 is 2.62 bits per heavy atom. The molecule has 0 aliphatic carbocycles. The van der Waals surface area contributed by atoms with Gasteiger partial charge in [-0.05, 0) is 36.2 Å². The number of nitrogens with one attached hydrogen (secondary N) is 1. The highest BCUT2D eigenvalue weighted by molar-refractivity contribution is 6.04. The molecule has 2 amide bonds. The molecule has 1 fully saturated rings. The fourth-order valence-electron chi connectivity index (χ4n) is 3.02. The Kier molecular flexibility index (Phi) is 5.41. The molecule has 0 aromatic heterocycles. The summed E-state index contributed by atoms with van der Waals surface area (Å²) < 4.78 is 10.5. The van der Waals surface area contributed by atoms with E-state index in [1.54, 1.807) is 38.5 Å². The molecule has 0 saturated carbocycles. The predicted octanol–water partition coefficient (Wildman–Crippen LogP) is 3.08. The molecule has 1 aliphatic rings. The van der Waals surface area contributed by atoms with E-state index in [0.29, 0.717) is 35.7 Å². The predicted molar refractivity (Wildman–Crippen MR) is 98.6 cm³/mol. The van der Waals surface area contributed by atoms with Gasteiger partial charge in [0.25, 0.3) is 5.91 Å². The summed E-state index contributed by atoms with van der Waals surface area (Å²) in [5.41, 5.74) is 2.11. The van der Waals surface area contributed by atoms with Gasteiger partial charge >= 0.3 is 0 Å². The minimum Gasteiger partial charge on any atom is -0.493 e. The van der Waals surface area contributed by atoms with E-state index in [4.69, 9.17) is 9.47 Å². The maximum Gasteiger partial charge on any atom is 0.255 e. The van der Waals surface area contributed by atoms with Crippen LogP contribution in [0.4, 0.5) is 5.69 Å². The second kappa shape index (κ2) is 7.91.